The first-order chi connectivity index (χ1) is 10.3. The highest BCUT2D eigenvalue weighted by Crippen LogP contribution is 2.48. The minimum atomic E-state index is 0.0278. The van der Waals surface area contributed by atoms with E-state index in [1.54, 1.807) is 0 Å². The van der Waals surface area contributed by atoms with Crippen LogP contribution in [-0.4, -0.2) is 6.21 Å². The molecule has 0 aromatic heterocycles. The lowest BCUT2D eigenvalue weighted by atomic mass is 9.58. The lowest BCUT2D eigenvalue weighted by Crippen LogP contribution is -2.42. The van der Waals surface area contributed by atoms with Crippen molar-refractivity contribution < 1.29 is 0 Å². The van der Waals surface area contributed by atoms with Crippen LogP contribution in [-0.2, 0) is 0 Å². The Bertz CT molecular complexity index is 552. The van der Waals surface area contributed by atoms with Gasteiger partial charge in [0.2, 0.25) is 0 Å². The van der Waals surface area contributed by atoms with Crippen LogP contribution in [0.2, 0.25) is 0 Å². The first-order valence-corrected chi connectivity index (χ1v) is 8.52. The highest BCUT2D eigenvalue weighted by atomic mass is 14.8. The summed E-state index contributed by atoms with van der Waals surface area (Å²) >= 11 is 0. The maximum absolute atomic E-state index is 4.85. The fourth-order valence-corrected chi connectivity index (χ4v) is 3.36. The lowest BCUT2D eigenvalue weighted by molar-refractivity contribution is 0.104. The quantitative estimate of drug-likeness (QED) is 0.555. The van der Waals surface area contributed by atoms with Gasteiger partial charge in [0, 0.05) is 11.6 Å². The molecule has 2 aliphatic carbocycles. The highest BCUT2D eigenvalue weighted by Gasteiger charge is 2.43. The van der Waals surface area contributed by atoms with Crippen LogP contribution < -0.4 is 0 Å². The molecule has 1 heteroatoms. The van der Waals surface area contributed by atoms with Gasteiger partial charge in [-0.3, -0.25) is 4.99 Å². The van der Waals surface area contributed by atoms with Gasteiger partial charge in [-0.25, -0.2) is 0 Å². The zero-order chi connectivity index (χ0) is 16.4. The van der Waals surface area contributed by atoms with Gasteiger partial charge in [0.15, 0.2) is 0 Å². The Morgan fingerprint density at radius 1 is 1.14 bits per heavy atom. The monoisotopic (exact) mass is 297 g/mol. The van der Waals surface area contributed by atoms with E-state index in [4.69, 9.17) is 4.99 Å². The van der Waals surface area contributed by atoms with E-state index >= 15 is 0 Å². The molecule has 0 spiro atoms. The Morgan fingerprint density at radius 2 is 1.82 bits per heavy atom. The summed E-state index contributed by atoms with van der Waals surface area (Å²) in [6.07, 6.45) is 17.9. The molecule has 0 aliphatic heterocycles. The average molecular weight is 297 g/mol. The molecule has 0 saturated carbocycles. The summed E-state index contributed by atoms with van der Waals surface area (Å²) in [7, 11) is 0. The molecule has 0 amide bonds. The standard InChI is InChI=1S/C21H31N/c1-16-11-7-9-13-18(16)21(5,6)20(3,4)15-22-19-14-10-8-12-17(19)2/h7,9-11,13-16,18H,8,12H2,1-6H3. The van der Waals surface area contributed by atoms with Gasteiger partial charge in [0.05, 0.1) is 5.70 Å². The molecule has 0 bridgehead atoms. The fourth-order valence-electron chi connectivity index (χ4n) is 3.36. The summed E-state index contributed by atoms with van der Waals surface area (Å²) in [5, 5.41) is 0. The number of hydrogen-bond acceptors (Lipinski definition) is 1. The van der Waals surface area contributed by atoms with Crippen LogP contribution in [0.15, 0.2) is 52.7 Å². The third-order valence-corrected chi connectivity index (χ3v) is 5.83. The molecule has 1 nitrogen and oxygen atoms in total. The summed E-state index contributed by atoms with van der Waals surface area (Å²) in [4.78, 5) is 4.85. The van der Waals surface area contributed by atoms with Gasteiger partial charge in [-0.05, 0) is 48.7 Å². The lowest BCUT2D eigenvalue weighted by Gasteiger charge is -2.46. The summed E-state index contributed by atoms with van der Waals surface area (Å²) in [6, 6.07) is 0. The zero-order valence-corrected chi connectivity index (χ0v) is 15.1. The molecule has 0 aromatic rings. The van der Waals surface area contributed by atoms with Crippen molar-refractivity contribution in [2.45, 2.75) is 54.4 Å². The van der Waals surface area contributed by atoms with E-state index in [0.29, 0.717) is 11.8 Å². The van der Waals surface area contributed by atoms with Gasteiger partial charge in [-0.1, -0.05) is 65.0 Å². The topological polar surface area (TPSA) is 12.4 Å². The molecule has 120 valence electrons. The summed E-state index contributed by atoms with van der Waals surface area (Å²) in [5.41, 5.74) is 2.73. The van der Waals surface area contributed by atoms with Crippen molar-refractivity contribution in [3.63, 3.8) is 0 Å². The largest absolute Gasteiger partial charge is 0.261 e. The molecular weight excluding hydrogens is 266 g/mol. The Morgan fingerprint density at radius 3 is 2.45 bits per heavy atom. The van der Waals surface area contributed by atoms with Gasteiger partial charge in [-0.15, -0.1) is 0 Å². The third kappa shape index (κ3) is 3.34. The third-order valence-electron chi connectivity index (χ3n) is 5.83. The van der Waals surface area contributed by atoms with Gasteiger partial charge in [0.25, 0.3) is 0 Å². The predicted molar refractivity (Wildman–Crippen MR) is 98.1 cm³/mol. The second kappa shape index (κ2) is 6.40. The van der Waals surface area contributed by atoms with Crippen molar-refractivity contribution in [3.05, 3.63) is 47.7 Å². The maximum Gasteiger partial charge on any atom is 0.0612 e. The average Bonchev–Trinajstić information content (AvgIpc) is 2.46. The smallest absolute Gasteiger partial charge is 0.0612 e. The fraction of sp³-hybridized carbons (Fsp3) is 0.571. The van der Waals surface area contributed by atoms with E-state index in [1.807, 2.05) is 0 Å². The van der Waals surface area contributed by atoms with Crippen LogP contribution in [0.5, 0.6) is 0 Å². The van der Waals surface area contributed by atoms with E-state index in [-0.39, 0.29) is 10.8 Å². The molecule has 0 saturated heterocycles. The SMILES string of the molecule is CC1=C(N=CC(C)(C)C(C)(C)C2C=CC=CC2C)C=CCC1. The summed E-state index contributed by atoms with van der Waals surface area (Å²) in [6.45, 7) is 13.9. The van der Waals surface area contributed by atoms with E-state index < -0.39 is 0 Å². The van der Waals surface area contributed by atoms with Gasteiger partial charge in [-0.2, -0.15) is 0 Å². The Hall–Kier alpha value is -1.37. The molecule has 2 unspecified atom stereocenters. The van der Waals surface area contributed by atoms with E-state index in [2.05, 4.69) is 84.2 Å². The van der Waals surface area contributed by atoms with Crippen LogP contribution >= 0.6 is 0 Å². The number of nitrogens with zero attached hydrogens (tertiary/aromatic N) is 1. The van der Waals surface area contributed by atoms with Gasteiger partial charge >= 0.3 is 0 Å². The second-order valence-electron chi connectivity index (χ2n) is 7.96. The number of rotatable bonds is 4. The molecule has 2 aliphatic rings. The number of hydrogen-bond donors (Lipinski definition) is 0. The Balaban J connectivity index is 2.23. The zero-order valence-electron chi connectivity index (χ0n) is 15.1. The van der Waals surface area contributed by atoms with Gasteiger partial charge < -0.3 is 0 Å². The van der Waals surface area contributed by atoms with Crippen LogP contribution in [0.3, 0.4) is 0 Å². The molecule has 0 aromatic carbocycles. The van der Waals surface area contributed by atoms with Crippen molar-refractivity contribution in [2.75, 3.05) is 0 Å². The first kappa shape index (κ1) is 17.0. The van der Waals surface area contributed by atoms with Crippen LogP contribution in [0.25, 0.3) is 0 Å². The van der Waals surface area contributed by atoms with Crippen LogP contribution in [0, 0.1) is 22.7 Å². The number of allylic oxidation sites excluding steroid dienone is 7. The van der Waals surface area contributed by atoms with Crippen molar-refractivity contribution in [2.24, 2.45) is 27.7 Å². The van der Waals surface area contributed by atoms with Crippen molar-refractivity contribution in [1.29, 1.82) is 0 Å². The molecule has 0 N–H and O–H groups in total. The molecular formula is C21H31N. The van der Waals surface area contributed by atoms with Crippen LogP contribution in [0.4, 0.5) is 0 Å². The molecule has 22 heavy (non-hydrogen) atoms. The van der Waals surface area contributed by atoms with E-state index in [1.165, 1.54) is 5.57 Å². The maximum atomic E-state index is 4.85. The molecule has 0 radical (unpaired) electrons. The molecule has 2 rings (SSSR count). The highest BCUT2D eigenvalue weighted by molar-refractivity contribution is 5.68. The van der Waals surface area contributed by atoms with E-state index in [0.717, 1.165) is 18.5 Å². The van der Waals surface area contributed by atoms with Gasteiger partial charge in [0.1, 0.15) is 0 Å². The van der Waals surface area contributed by atoms with Crippen LogP contribution in [0.1, 0.15) is 54.4 Å². The molecule has 0 fully saturated rings. The normalized spacial score (nSPS) is 26.3. The Labute approximate surface area is 136 Å². The molecule has 0 heterocycles. The number of aliphatic imine (C=N–C) groups is 1. The first-order valence-electron chi connectivity index (χ1n) is 8.52. The summed E-state index contributed by atoms with van der Waals surface area (Å²) < 4.78 is 0. The van der Waals surface area contributed by atoms with E-state index in [9.17, 15) is 0 Å². The Kier molecular flexibility index (Phi) is 4.94. The minimum Gasteiger partial charge on any atom is -0.261 e. The second-order valence-corrected chi connectivity index (χ2v) is 7.96. The molecule has 2 atom stereocenters. The van der Waals surface area contributed by atoms with Crippen molar-refractivity contribution in [3.8, 4) is 0 Å². The van der Waals surface area contributed by atoms with Crippen molar-refractivity contribution >= 4 is 6.21 Å². The minimum absolute atomic E-state index is 0.0278. The predicted octanol–water partition coefficient (Wildman–Crippen LogP) is 6.11. The summed E-state index contributed by atoms with van der Waals surface area (Å²) in [5.74, 6) is 1.11. The van der Waals surface area contributed by atoms with Crippen molar-refractivity contribution in [1.82, 2.24) is 0 Å².